The summed E-state index contributed by atoms with van der Waals surface area (Å²) in [6.45, 7) is 5.35. The molecule has 26 heavy (non-hydrogen) atoms. The van der Waals surface area contributed by atoms with Crippen molar-refractivity contribution in [2.24, 2.45) is 0 Å². The zero-order chi connectivity index (χ0) is 18.2. The molecular weight excluding hydrogens is 328 g/mol. The Hall–Kier alpha value is -2.08. The Morgan fingerprint density at radius 1 is 1.00 bits per heavy atom. The molecule has 0 bridgehead atoms. The third kappa shape index (κ3) is 4.97. The lowest BCUT2D eigenvalue weighted by Gasteiger charge is -2.31. The maximum atomic E-state index is 5.48. The van der Waals surface area contributed by atoms with Gasteiger partial charge in [-0.05, 0) is 23.3 Å². The van der Waals surface area contributed by atoms with Crippen LogP contribution in [0.4, 0.5) is 0 Å². The van der Waals surface area contributed by atoms with Gasteiger partial charge in [0, 0.05) is 32.2 Å². The van der Waals surface area contributed by atoms with Gasteiger partial charge in [0.25, 0.3) is 0 Å². The van der Waals surface area contributed by atoms with Crippen molar-refractivity contribution in [1.82, 2.24) is 10.2 Å². The topological polar surface area (TPSA) is 43.0 Å². The van der Waals surface area contributed by atoms with E-state index in [4.69, 9.17) is 14.2 Å². The van der Waals surface area contributed by atoms with E-state index in [0.717, 1.165) is 50.9 Å². The molecule has 2 aromatic rings. The molecule has 1 atom stereocenters. The third-order valence-corrected chi connectivity index (χ3v) is 4.75. The van der Waals surface area contributed by atoms with Crippen LogP contribution in [-0.4, -0.2) is 52.0 Å². The number of morpholine rings is 1. The molecule has 1 saturated heterocycles. The van der Waals surface area contributed by atoms with E-state index < -0.39 is 0 Å². The Morgan fingerprint density at radius 3 is 2.42 bits per heavy atom. The second kappa shape index (κ2) is 9.57. The van der Waals surface area contributed by atoms with Gasteiger partial charge in [0.15, 0.2) is 11.5 Å². The van der Waals surface area contributed by atoms with Gasteiger partial charge in [-0.15, -0.1) is 0 Å². The molecular formula is C21H28N2O3. The number of rotatable bonds is 8. The van der Waals surface area contributed by atoms with Crippen LogP contribution in [0.1, 0.15) is 17.2 Å². The molecule has 0 spiro atoms. The van der Waals surface area contributed by atoms with Gasteiger partial charge in [0.2, 0.25) is 0 Å². The third-order valence-electron chi connectivity index (χ3n) is 4.75. The molecule has 1 N–H and O–H groups in total. The first-order valence-corrected chi connectivity index (χ1v) is 9.09. The van der Waals surface area contributed by atoms with Crippen LogP contribution in [0.2, 0.25) is 0 Å². The zero-order valence-corrected chi connectivity index (χ0v) is 15.6. The number of methoxy groups -OCH3 is 2. The fourth-order valence-electron chi connectivity index (χ4n) is 3.25. The smallest absolute Gasteiger partial charge is 0.161 e. The average Bonchev–Trinajstić information content (AvgIpc) is 2.72. The van der Waals surface area contributed by atoms with E-state index in [-0.39, 0.29) is 6.04 Å². The van der Waals surface area contributed by atoms with Crippen LogP contribution in [0, 0.1) is 0 Å². The minimum atomic E-state index is 0.266. The van der Waals surface area contributed by atoms with Crippen LogP contribution < -0.4 is 14.8 Å². The standard InChI is InChI=1S/C21H28N2O3/c1-24-20-9-8-17(14-21(20)25-2)15-22-19(18-6-4-3-5-7-18)16-23-10-12-26-13-11-23/h3-9,14,19,22H,10-13,15-16H2,1-2H3. The maximum Gasteiger partial charge on any atom is 0.161 e. The van der Waals surface area contributed by atoms with Crippen LogP contribution >= 0.6 is 0 Å². The second-order valence-corrected chi connectivity index (χ2v) is 6.45. The first-order chi connectivity index (χ1) is 12.8. The Bertz CT molecular complexity index is 672. The highest BCUT2D eigenvalue weighted by Gasteiger charge is 2.18. The molecule has 0 aromatic heterocycles. The van der Waals surface area contributed by atoms with E-state index in [9.17, 15) is 0 Å². The summed E-state index contributed by atoms with van der Waals surface area (Å²) in [5.41, 5.74) is 2.48. The minimum Gasteiger partial charge on any atom is -0.493 e. The Kier molecular flexibility index (Phi) is 6.89. The zero-order valence-electron chi connectivity index (χ0n) is 15.6. The van der Waals surface area contributed by atoms with E-state index in [1.807, 2.05) is 12.1 Å². The average molecular weight is 356 g/mol. The fourth-order valence-corrected chi connectivity index (χ4v) is 3.25. The second-order valence-electron chi connectivity index (χ2n) is 6.45. The summed E-state index contributed by atoms with van der Waals surface area (Å²) in [4.78, 5) is 2.46. The number of benzene rings is 2. The van der Waals surface area contributed by atoms with E-state index in [2.05, 4.69) is 46.6 Å². The number of nitrogens with zero attached hydrogens (tertiary/aromatic N) is 1. The SMILES string of the molecule is COc1ccc(CNC(CN2CCOCC2)c2ccccc2)cc1OC. The van der Waals surface area contributed by atoms with Crippen LogP contribution in [0.3, 0.4) is 0 Å². The van der Waals surface area contributed by atoms with Gasteiger partial charge < -0.3 is 19.5 Å². The summed E-state index contributed by atoms with van der Waals surface area (Å²) in [5, 5.41) is 3.71. The molecule has 1 aliphatic rings. The van der Waals surface area contributed by atoms with Crippen molar-refractivity contribution in [3.05, 3.63) is 59.7 Å². The summed E-state index contributed by atoms with van der Waals surface area (Å²) < 4.78 is 16.2. The van der Waals surface area contributed by atoms with Gasteiger partial charge in [-0.2, -0.15) is 0 Å². The molecule has 1 aliphatic heterocycles. The minimum absolute atomic E-state index is 0.266. The molecule has 5 nitrogen and oxygen atoms in total. The molecule has 140 valence electrons. The quantitative estimate of drug-likeness (QED) is 0.788. The summed E-state index contributed by atoms with van der Waals surface area (Å²) in [6, 6.07) is 17.0. The van der Waals surface area contributed by atoms with Crippen molar-refractivity contribution in [3.8, 4) is 11.5 Å². The first kappa shape index (κ1) is 18.7. The predicted molar refractivity (Wildman–Crippen MR) is 103 cm³/mol. The molecule has 0 amide bonds. The van der Waals surface area contributed by atoms with Crippen LogP contribution in [0.25, 0.3) is 0 Å². The number of hydrogen-bond donors (Lipinski definition) is 1. The summed E-state index contributed by atoms with van der Waals surface area (Å²) in [5.74, 6) is 1.51. The summed E-state index contributed by atoms with van der Waals surface area (Å²) >= 11 is 0. The Morgan fingerprint density at radius 2 is 1.73 bits per heavy atom. The van der Waals surface area contributed by atoms with E-state index in [1.165, 1.54) is 11.1 Å². The lowest BCUT2D eigenvalue weighted by molar-refractivity contribution is 0.0333. The molecule has 2 aromatic carbocycles. The van der Waals surface area contributed by atoms with E-state index in [0.29, 0.717) is 0 Å². The Labute approximate surface area is 155 Å². The molecule has 0 saturated carbocycles. The van der Waals surface area contributed by atoms with Gasteiger partial charge in [-0.1, -0.05) is 36.4 Å². The highest BCUT2D eigenvalue weighted by molar-refractivity contribution is 5.42. The normalized spacial score (nSPS) is 16.2. The molecule has 3 rings (SSSR count). The lowest BCUT2D eigenvalue weighted by atomic mass is 10.1. The van der Waals surface area contributed by atoms with Gasteiger partial charge in [-0.3, -0.25) is 4.90 Å². The van der Waals surface area contributed by atoms with Gasteiger partial charge in [0.1, 0.15) is 0 Å². The van der Waals surface area contributed by atoms with Crippen LogP contribution in [-0.2, 0) is 11.3 Å². The van der Waals surface area contributed by atoms with Crippen molar-refractivity contribution in [2.75, 3.05) is 47.1 Å². The fraction of sp³-hybridized carbons (Fsp3) is 0.429. The summed E-state index contributed by atoms with van der Waals surface area (Å²) in [7, 11) is 3.32. The molecule has 1 heterocycles. The van der Waals surface area contributed by atoms with Crippen molar-refractivity contribution >= 4 is 0 Å². The van der Waals surface area contributed by atoms with E-state index >= 15 is 0 Å². The molecule has 0 aliphatic carbocycles. The Balaban J connectivity index is 1.69. The monoisotopic (exact) mass is 356 g/mol. The lowest BCUT2D eigenvalue weighted by Crippen LogP contribution is -2.41. The molecule has 1 unspecified atom stereocenters. The van der Waals surface area contributed by atoms with Gasteiger partial charge in [0.05, 0.1) is 27.4 Å². The van der Waals surface area contributed by atoms with E-state index in [1.54, 1.807) is 14.2 Å². The van der Waals surface area contributed by atoms with Crippen molar-refractivity contribution in [2.45, 2.75) is 12.6 Å². The van der Waals surface area contributed by atoms with Crippen molar-refractivity contribution < 1.29 is 14.2 Å². The number of hydrogen-bond acceptors (Lipinski definition) is 5. The van der Waals surface area contributed by atoms with Gasteiger partial charge in [-0.25, -0.2) is 0 Å². The molecule has 5 heteroatoms. The summed E-state index contributed by atoms with van der Waals surface area (Å²) in [6.07, 6.45) is 0. The first-order valence-electron chi connectivity index (χ1n) is 9.09. The predicted octanol–water partition coefficient (Wildman–Crippen LogP) is 2.87. The maximum absolute atomic E-state index is 5.48. The highest BCUT2D eigenvalue weighted by Crippen LogP contribution is 2.27. The highest BCUT2D eigenvalue weighted by atomic mass is 16.5. The number of nitrogens with one attached hydrogen (secondary N) is 1. The van der Waals surface area contributed by atoms with Crippen LogP contribution in [0.15, 0.2) is 48.5 Å². The molecule has 1 fully saturated rings. The van der Waals surface area contributed by atoms with Crippen molar-refractivity contribution in [3.63, 3.8) is 0 Å². The molecule has 0 radical (unpaired) electrons. The number of ether oxygens (including phenoxy) is 3. The van der Waals surface area contributed by atoms with Crippen molar-refractivity contribution in [1.29, 1.82) is 0 Å². The largest absolute Gasteiger partial charge is 0.493 e. The van der Waals surface area contributed by atoms with Crippen LogP contribution in [0.5, 0.6) is 11.5 Å². The van der Waals surface area contributed by atoms with Gasteiger partial charge >= 0.3 is 0 Å².